The van der Waals surface area contributed by atoms with Crippen molar-refractivity contribution in [3.63, 3.8) is 0 Å². The quantitative estimate of drug-likeness (QED) is 0.234. The van der Waals surface area contributed by atoms with Gasteiger partial charge < -0.3 is 20.1 Å². The second-order valence-electron chi connectivity index (χ2n) is 13.6. The third-order valence-corrected chi connectivity index (χ3v) is 8.36. The third-order valence-electron chi connectivity index (χ3n) is 8.36. The Morgan fingerprint density at radius 2 is 1.65 bits per heavy atom. The third kappa shape index (κ3) is 8.61. The van der Waals surface area contributed by atoms with E-state index >= 15 is 0 Å². The van der Waals surface area contributed by atoms with Crippen LogP contribution in [0.25, 0.3) is 11.1 Å². The second-order valence-corrected chi connectivity index (χ2v) is 13.6. The molecule has 0 radical (unpaired) electrons. The number of nitrogens with zero attached hydrogens (tertiary/aromatic N) is 1. The zero-order valence-corrected chi connectivity index (χ0v) is 27.8. The van der Waals surface area contributed by atoms with E-state index in [1.807, 2.05) is 89.2 Å². The number of carbonyl (C=O) groups excluding carboxylic acids is 3. The normalized spacial score (nSPS) is 17.7. The number of aryl methyl sites for hydroxylation is 2. The Hall–Kier alpha value is -4.48. The maximum absolute atomic E-state index is 13.9. The van der Waals surface area contributed by atoms with Crippen LogP contribution in [-0.4, -0.2) is 35.7 Å². The maximum atomic E-state index is 13.9. The number of hydrogen-bond donors (Lipinski definition) is 2. The fraction of sp³-hybridized carbons (Fsp3) is 0.421. The molecule has 242 valence electrons. The van der Waals surface area contributed by atoms with Gasteiger partial charge in [-0.2, -0.15) is 5.26 Å². The molecule has 1 fully saturated rings. The van der Waals surface area contributed by atoms with E-state index in [1.54, 1.807) is 13.8 Å². The van der Waals surface area contributed by atoms with Crippen molar-refractivity contribution in [3.8, 4) is 17.2 Å². The number of nitrogens with one attached hydrogen (secondary N) is 2. The largest absolute Gasteiger partial charge is 0.432 e. The molecule has 1 heterocycles. The van der Waals surface area contributed by atoms with Gasteiger partial charge in [-0.25, -0.2) is 4.79 Å². The van der Waals surface area contributed by atoms with Crippen LogP contribution in [0.2, 0.25) is 0 Å². The van der Waals surface area contributed by atoms with Crippen LogP contribution in [0.3, 0.4) is 0 Å². The van der Waals surface area contributed by atoms with E-state index < -0.39 is 41.1 Å². The fourth-order valence-corrected chi connectivity index (χ4v) is 5.85. The van der Waals surface area contributed by atoms with Crippen molar-refractivity contribution < 1.29 is 23.9 Å². The lowest BCUT2D eigenvalue weighted by atomic mass is 9.84. The van der Waals surface area contributed by atoms with Crippen molar-refractivity contribution in [2.75, 3.05) is 0 Å². The van der Waals surface area contributed by atoms with E-state index in [4.69, 9.17) is 14.7 Å². The molecule has 0 spiro atoms. The summed E-state index contributed by atoms with van der Waals surface area (Å²) in [6.45, 7) is 12.9. The highest BCUT2D eigenvalue weighted by atomic mass is 16.8. The summed E-state index contributed by atoms with van der Waals surface area (Å²) in [5.74, 6) is -3.30. The number of ether oxygens (including phenoxy) is 2. The lowest BCUT2D eigenvalue weighted by molar-refractivity contribution is -0.162. The Kier molecular flexibility index (Phi) is 10.7. The Balaban J connectivity index is 1.48. The van der Waals surface area contributed by atoms with Gasteiger partial charge in [-0.15, -0.1) is 0 Å². The average molecular weight is 624 g/mol. The Labute approximate surface area is 272 Å². The van der Waals surface area contributed by atoms with E-state index in [2.05, 4.69) is 34.9 Å². The van der Waals surface area contributed by atoms with Gasteiger partial charge in [-0.1, -0.05) is 81.4 Å². The summed E-state index contributed by atoms with van der Waals surface area (Å²) < 4.78 is 11.4. The molecule has 1 saturated heterocycles. The van der Waals surface area contributed by atoms with Gasteiger partial charge in [0.1, 0.15) is 6.04 Å². The van der Waals surface area contributed by atoms with Crippen molar-refractivity contribution in [3.05, 3.63) is 95.1 Å². The molecule has 1 aliphatic heterocycles. The van der Waals surface area contributed by atoms with E-state index in [-0.39, 0.29) is 11.9 Å². The number of rotatable bonds is 11. The van der Waals surface area contributed by atoms with Crippen LogP contribution in [0.5, 0.6) is 0 Å². The molecular formula is C38H45N3O5. The molecule has 0 bridgehead atoms. The topological polar surface area (TPSA) is 118 Å². The monoisotopic (exact) mass is 623 g/mol. The standard InChI is InChI=1S/C38H45N3O5/c1-24-22-26(18-21-30(24)29-19-16-27(23-39)17-20-29)12-11-15-31(32-36(44)46-38(6,7)45-32)34(42)41-33(37(3,4)5)35(43)40-25(2)28-13-9-8-10-14-28/h8-10,13-14,16-22,25,31-33H,11-12,15H2,1-7H3,(H,40,43)(H,41,42). The zero-order valence-electron chi connectivity index (χ0n) is 27.8. The van der Waals surface area contributed by atoms with Gasteiger partial charge in [-0.3, -0.25) is 9.59 Å². The number of carbonyl (C=O) groups is 3. The predicted molar refractivity (Wildman–Crippen MR) is 177 cm³/mol. The minimum Gasteiger partial charge on any atom is -0.432 e. The molecule has 4 atom stereocenters. The van der Waals surface area contributed by atoms with Gasteiger partial charge in [0.05, 0.1) is 23.6 Å². The summed E-state index contributed by atoms with van der Waals surface area (Å²) in [6, 6.07) is 24.4. The van der Waals surface area contributed by atoms with Crippen molar-refractivity contribution in [1.29, 1.82) is 5.26 Å². The maximum Gasteiger partial charge on any atom is 0.338 e. The van der Waals surface area contributed by atoms with Crippen LogP contribution >= 0.6 is 0 Å². The first-order chi connectivity index (χ1) is 21.7. The summed E-state index contributed by atoms with van der Waals surface area (Å²) in [7, 11) is 0. The number of esters is 1. The van der Waals surface area contributed by atoms with E-state index in [9.17, 15) is 14.4 Å². The highest BCUT2D eigenvalue weighted by Crippen LogP contribution is 2.32. The second kappa shape index (κ2) is 14.3. The molecule has 2 amide bonds. The van der Waals surface area contributed by atoms with Crippen LogP contribution < -0.4 is 10.6 Å². The highest BCUT2D eigenvalue weighted by Gasteiger charge is 2.48. The first kappa shape index (κ1) is 34.4. The molecule has 1 aliphatic rings. The molecule has 3 aromatic carbocycles. The summed E-state index contributed by atoms with van der Waals surface area (Å²) >= 11 is 0. The van der Waals surface area contributed by atoms with Crippen molar-refractivity contribution in [2.45, 2.75) is 91.7 Å². The van der Waals surface area contributed by atoms with Gasteiger partial charge in [0.2, 0.25) is 17.6 Å². The first-order valence-corrected chi connectivity index (χ1v) is 15.8. The Morgan fingerprint density at radius 1 is 0.978 bits per heavy atom. The smallest absolute Gasteiger partial charge is 0.338 e. The molecule has 8 heteroatoms. The molecule has 4 rings (SSSR count). The zero-order chi connectivity index (χ0) is 33.6. The molecule has 4 unspecified atom stereocenters. The fourth-order valence-electron chi connectivity index (χ4n) is 5.85. The van der Waals surface area contributed by atoms with Gasteiger partial charge >= 0.3 is 5.97 Å². The molecule has 2 N–H and O–H groups in total. The average Bonchev–Trinajstić information content (AvgIpc) is 3.29. The lowest BCUT2D eigenvalue weighted by Gasteiger charge is -2.33. The first-order valence-electron chi connectivity index (χ1n) is 15.8. The molecule has 0 saturated carbocycles. The molecule has 0 aromatic heterocycles. The number of nitriles is 1. The highest BCUT2D eigenvalue weighted by molar-refractivity contribution is 5.92. The van der Waals surface area contributed by atoms with Crippen molar-refractivity contribution in [1.82, 2.24) is 10.6 Å². The van der Waals surface area contributed by atoms with Crippen LogP contribution in [0, 0.1) is 29.6 Å². The number of cyclic esters (lactones) is 1. The minimum atomic E-state index is -1.15. The summed E-state index contributed by atoms with van der Waals surface area (Å²) in [5.41, 5.74) is 5.29. The van der Waals surface area contributed by atoms with E-state index in [1.165, 1.54) is 0 Å². The van der Waals surface area contributed by atoms with E-state index in [0.29, 0.717) is 24.8 Å². The minimum absolute atomic E-state index is 0.257. The summed E-state index contributed by atoms with van der Waals surface area (Å²) in [5, 5.41) is 15.1. The Bertz CT molecular complexity index is 1590. The molecule has 3 aromatic rings. The van der Waals surface area contributed by atoms with Gasteiger partial charge in [0.25, 0.3) is 0 Å². The van der Waals surface area contributed by atoms with Gasteiger partial charge in [0, 0.05) is 13.8 Å². The van der Waals surface area contributed by atoms with Crippen LogP contribution in [-0.2, 0) is 30.3 Å². The van der Waals surface area contributed by atoms with Crippen molar-refractivity contribution >= 4 is 17.8 Å². The SMILES string of the molecule is Cc1cc(CCCC(C(=O)NC(C(=O)NC(C)c2ccccc2)C(C)(C)C)C2OC(C)(C)OC2=O)ccc1-c1ccc(C#N)cc1. The van der Waals surface area contributed by atoms with Crippen molar-refractivity contribution in [2.24, 2.45) is 11.3 Å². The Morgan fingerprint density at radius 3 is 2.22 bits per heavy atom. The summed E-state index contributed by atoms with van der Waals surface area (Å²) in [6.07, 6.45) is 0.569. The van der Waals surface area contributed by atoms with Crippen LogP contribution in [0.4, 0.5) is 0 Å². The van der Waals surface area contributed by atoms with E-state index in [0.717, 1.165) is 27.8 Å². The van der Waals surface area contributed by atoms with Gasteiger partial charge in [0.15, 0.2) is 6.10 Å². The summed E-state index contributed by atoms with van der Waals surface area (Å²) in [4.78, 5) is 40.4. The van der Waals surface area contributed by atoms with Gasteiger partial charge in [-0.05, 0) is 78.5 Å². The number of benzene rings is 3. The molecule has 0 aliphatic carbocycles. The predicted octanol–water partition coefficient (Wildman–Crippen LogP) is 6.56. The molecule has 46 heavy (non-hydrogen) atoms. The van der Waals surface area contributed by atoms with Crippen LogP contribution in [0.15, 0.2) is 72.8 Å². The lowest BCUT2D eigenvalue weighted by Crippen LogP contribution is -2.56. The molecular weight excluding hydrogens is 578 g/mol. The molecule has 8 nitrogen and oxygen atoms in total. The number of hydrogen-bond acceptors (Lipinski definition) is 6. The number of amides is 2. The van der Waals surface area contributed by atoms with Crippen LogP contribution in [0.1, 0.15) is 82.7 Å².